The molecular formula is C17H21N3O. The average molecular weight is 283 g/mol. The molecule has 4 heteroatoms. The van der Waals surface area contributed by atoms with Crippen LogP contribution in [0.3, 0.4) is 0 Å². The molecule has 2 rings (SSSR count). The van der Waals surface area contributed by atoms with Gasteiger partial charge in [0.25, 0.3) is 5.91 Å². The summed E-state index contributed by atoms with van der Waals surface area (Å²) in [4.78, 5) is 16.4. The lowest BCUT2D eigenvalue weighted by atomic mass is 10.1. The van der Waals surface area contributed by atoms with Crippen LogP contribution in [-0.2, 0) is 0 Å². The molecule has 0 saturated heterocycles. The lowest BCUT2D eigenvalue weighted by Gasteiger charge is -2.17. The zero-order valence-corrected chi connectivity index (χ0v) is 12.7. The molecule has 0 aliphatic heterocycles. The highest BCUT2D eigenvalue weighted by Gasteiger charge is 2.12. The van der Waals surface area contributed by atoms with Crippen LogP contribution in [0.25, 0.3) is 0 Å². The molecule has 1 amide bonds. The topological polar surface area (TPSA) is 54.0 Å². The molecule has 21 heavy (non-hydrogen) atoms. The van der Waals surface area contributed by atoms with Crippen molar-refractivity contribution in [2.45, 2.75) is 26.8 Å². The van der Waals surface area contributed by atoms with Crippen molar-refractivity contribution in [3.63, 3.8) is 0 Å². The van der Waals surface area contributed by atoms with E-state index in [0.29, 0.717) is 5.56 Å². The lowest BCUT2D eigenvalue weighted by Crippen LogP contribution is -2.20. The van der Waals surface area contributed by atoms with Gasteiger partial charge in [0.05, 0.1) is 5.56 Å². The highest BCUT2D eigenvalue weighted by Crippen LogP contribution is 2.23. The molecule has 0 bridgehead atoms. The van der Waals surface area contributed by atoms with Crippen LogP contribution in [0.2, 0.25) is 0 Å². The molecular weight excluding hydrogens is 262 g/mol. The summed E-state index contributed by atoms with van der Waals surface area (Å²) < 4.78 is 0. The zero-order valence-electron chi connectivity index (χ0n) is 12.7. The van der Waals surface area contributed by atoms with Crippen LogP contribution in [0.15, 0.2) is 42.7 Å². The molecule has 0 saturated carbocycles. The number of carbonyl (C=O) groups is 1. The van der Waals surface area contributed by atoms with Gasteiger partial charge in [-0.3, -0.25) is 9.78 Å². The Morgan fingerprint density at radius 2 is 2.05 bits per heavy atom. The minimum absolute atomic E-state index is 0.137. The summed E-state index contributed by atoms with van der Waals surface area (Å²) in [7, 11) is 0. The Morgan fingerprint density at radius 3 is 2.76 bits per heavy atom. The van der Waals surface area contributed by atoms with Gasteiger partial charge in [0.1, 0.15) is 0 Å². The first-order valence-corrected chi connectivity index (χ1v) is 7.17. The van der Waals surface area contributed by atoms with Crippen LogP contribution in [0, 0.1) is 6.92 Å². The largest absolute Gasteiger partial charge is 0.322 e. The summed E-state index contributed by atoms with van der Waals surface area (Å²) in [5, 5.41) is 6.34. The van der Waals surface area contributed by atoms with Gasteiger partial charge < -0.3 is 10.6 Å². The van der Waals surface area contributed by atoms with Crippen molar-refractivity contribution in [1.29, 1.82) is 0 Å². The minimum atomic E-state index is -0.137. The predicted octanol–water partition coefficient (Wildman–Crippen LogP) is 3.31. The molecule has 0 aliphatic carbocycles. The number of aromatic nitrogens is 1. The second-order valence-corrected chi connectivity index (χ2v) is 5.07. The quantitative estimate of drug-likeness (QED) is 0.885. The highest BCUT2D eigenvalue weighted by molar-refractivity contribution is 6.04. The number of carbonyl (C=O) groups excluding carboxylic acids is 1. The summed E-state index contributed by atoms with van der Waals surface area (Å²) in [5.74, 6) is -0.137. The minimum Gasteiger partial charge on any atom is -0.322 e. The van der Waals surface area contributed by atoms with Gasteiger partial charge in [-0.25, -0.2) is 0 Å². The van der Waals surface area contributed by atoms with Gasteiger partial charge in [0, 0.05) is 24.1 Å². The van der Waals surface area contributed by atoms with Gasteiger partial charge in [-0.1, -0.05) is 25.1 Å². The summed E-state index contributed by atoms with van der Waals surface area (Å²) in [6, 6.07) is 9.86. The standard InChI is InChI=1S/C17H21N3O/c1-4-19-13(3)15-7-5-6-8-16(15)20-17(21)14-9-12(2)10-18-11-14/h5-11,13,19H,4H2,1-3H3,(H,20,21). The van der Waals surface area contributed by atoms with Gasteiger partial charge >= 0.3 is 0 Å². The van der Waals surface area contributed by atoms with E-state index < -0.39 is 0 Å². The van der Waals surface area contributed by atoms with E-state index in [2.05, 4.69) is 29.5 Å². The third-order valence-corrected chi connectivity index (χ3v) is 3.32. The smallest absolute Gasteiger partial charge is 0.257 e. The second-order valence-electron chi connectivity index (χ2n) is 5.07. The van der Waals surface area contributed by atoms with Crippen molar-refractivity contribution in [3.05, 3.63) is 59.4 Å². The van der Waals surface area contributed by atoms with Crippen molar-refractivity contribution in [2.75, 3.05) is 11.9 Å². The first-order chi connectivity index (χ1) is 10.1. The number of benzene rings is 1. The van der Waals surface area contributed by atoms with E-state index in [9.17, 15) is 4.79 Å². The van der Waals surface area contributed by atoms with Crippen molar-refractivity contribution in [3.8, 4) is 0 Å². The molecule has 1 aromatic heterocycles. The van der Waals surface area contributed by atoms with Crippen LogP contribution in [0.4, 0.5) is 5.69 Å². The van der Waals surface area contributed by atoms with Crippen molar-refractivity contribution < 1.29 is 4.79 Å². The Labute approximate surface area is 125 Å². The Morgan fingerprint density at radius 1 is 1.29 bits per heavy atom. The van der Waals surface area contributed by atoms with Crippen LogP contribution in [0.5, 0.6) is 0 Å². The van der Waals surface area contributed by atoms with E-state index in [1.54, 1.807) is 12.4 Å². The number of anilines is 1. The number of para-hydroxylation sites is 1. The Hall–Kier alpha value is -2.20. The van der Waals surface area contributed by atoms with Gasteiger partial charge in [0.2, 0.25) is 0 Å². The number of pyridine rings is 1. The summed E-state index contributed by atoms with van der Waals surface area (Å²) in [5.41, 5.74) is 3.45. The zero-order chi connectivity index (χ0) is 15.2. The van der Waals surface area contributed by atoms with Gasteiger partial charge in [0.15, 0.2) is 0 Å². The summed E-state index contributed by atoms with van der Waals surface area (Å²) in [6.45, 7) is 6.95. The maximum Gasteiger partial charge on any atom is 0.257 e. The molecule has 110 valence electrons. The van der Waals surface area contributed by atoms with Crippen LogP contribution < -0.4 is 10.6 Å². The molecule has 1 unspecified atom stereocenters. The number of hydrogen-bond acceptors (Lipinski definition) is 3. The lowest BCUT2D eigenvalue weighted by molar-refractivity contribution is 0.102. The third kappa shape index (κ3) is 3.89. The van der Waals surface area contributed by atoms with Crippen molar-refractivity contribution in [2.24, 2.45) is 0 Å². The fourth-order valence-electron chi connectivity index (χ4n) is 2.28. The molecule has 1 heterocycles. The maximum atomic E-state index is 12.3. The van der Waals surface area contributed by atoms with E-state index in [1.807, 2.05) is 37.3 Å². The Balaban J connectivity index is 2.21. The monoisotopic (exact) mass is 283 g/mol. The molecule has 0 aliphatic rings. The Kier molecular flexibility index (Phi) is 5.06. The number of rotatable bonds is 5. The molecule has 0 radical (unpaired) electrons. The molecule has 1 aromatic carbocycles. The van der Waals surface area contributed by atoms with E-state index in [0.717, 1.165) is 23.4 Å². The number of aryl methyl sites for hydroxylation is 1. The third-order valence-electron chi connectivity index (χ3n) is 3.32. The van der Waals surface area contributed by atoms with Crippen LogP contribution in [-0.4, -0.2) is 17.4 Å². The van der Waals surface area contributed by atoms with Gasteiger partial charge in [-0.2, -0.15) is 0 Å². The molecule has 0 fully saturated rings. The van der Waals surface area contributed by atoms with Gasteiger partial charge in [-0.05, 0) is 43.7 Å². The van der Waals surface area contributed by atoms with E-state index in [-0.39, 0.29) is 11.9 Å². The molecule has 0 spiro atoms. The second kappa shape index (κ2) is 6.99. The van der Waals surface area contributed by atoms with Crippen LogP contribution >= 0.6 is 0 Å². The van der Waals surface area contributed by atoms with Gasteiger partial charge in [-0.15, -0.1) is 0 Å². The first-order valence-electron chi connectivity index (χ1n) is 7.17. The summed E-state index contributed by atoms with van der Waals surface area (Å²) >= 11 is 0. The SMILES string of the molecule is CCNC(C)c1ccccc1NC(=O)c1cncc(C)c1. The number of nitrogens with zero attached hydrogens (tertiary/aromatic N) is 1. The molecule has 4 nitrogen and oxygen atoms in total. The van der Waals surface area contributed by atoms with Crippen LogP contribution in [0.1, 0.15) is 41.4 Å². The molecule has 1 atom stereocenters. The predicted molar refractivity (Wildman–Crippen MR) is 85.5 cm³/mol. The average Bonchev–Trinajstić information content (AvgIpc) is 2.48. The van der Waals surface area contributed by atoms with E-state index in [4.69, 9.17) is 0 Å². The number of nitrogens with one attached hydrogen (secondary N) is 2. The summed E-state index contributed by atoms with van der Waals surface area (Å²) in [6.07, 6.45) is 3.32. The number of amides is 1. The normalized spacial score (nSPS) is 12.0. The molecule has 2 N–H and O–H groups in total. The number of hydrogen-bond donors (Lipinski definition) is 2. The highest BCUT2D eigenvalue weighted by atomic mass is 16.1. The van der Waals surface area contributed by atoms with E-state index in [1.165, 1.54) is 0 Å². The van der Waals surface area contributed by atoms with E-state index >= 15 is 0 Å². The van der Waals surface area contributed by atoms with Crippen molar-refractivity contribution >= 4 is 11.6 Å². The van der Waals surface area contributed by atoms with Crippen molar-refractivity contribution in [1.82, 2.24) is 10.3 Å². The fraction of sp³-hybridized carbons (Fsp3) is 0.294. The fourth-order valence-corrected chi connectivity index (χ4v) is 2.28. The molecule has 2 aromatic rings. The Bertz CT molecular complexity index is 625. The first kappa shape index (κ1) is 15.2. The maximum absolute atomic E-state index is 12.3.